The molecule has 0 spiro atoms. The minimum Gasteiger partial charge on any atom is -0.377 e. The van der Waals surface area contributed by atoms with Crippen LogP contribution in [-0.2, 0) is 4.74 Å². The third-order valence-corrected chi connectivity index (χ3v) is 3.11. The minimum atomic E-state index is 0.402. The molecule has 2 atom stereocenters. The van der Waals surface area contributed by atoms with E-state index in [0.717, 1.165) is 19.7 Å². The highest BCUT2D eigenvalue weighted by atomic mass is 16.5. The average Bonchev–Trinajstić information content (AvgIpc) is 2.42. The summed E-state index contributed by atoms with van der Waals surface area (Å²) in [6.45, 7) is 9.64. The van der Waals surface area contributed by atoms with Crippen LogP contribution in [0.2, 0.25) is 0 Å². The molecular weight excluding hydrogens is 188 g/mol. The third-order valence-electron chi connectivity index (χ3n) is 3.11. The fourth-order valence-corrected chi connectivity index (χ4v) is 2.06. The van der Waals surface area contributed by atoms with E-state index in [4.69, 9.17) is 10.5 Å². The lowest BCUT2D eigenvalue weighted by Crippen LogP contribution is -2.31. The van der Waals surface area contributed by atoms with Gasteiger partial charge < -0.3 is 15.4 Å². The van der Waals surface area contributed by atoms with Gasteiger partial charge in [0, 0.05) is 19.7 Å². The third kappa shape index (κ3) is 5.50. The Labute approximate surface area is 94.0 Å². The van der Waals surface area contributed by atoms with Crippen LogP contribution in [0.5, 0.6) is 0 Å². The van der Waals surface area contributed by atoms with Crippen LogP contribution in [0.1, 0.15) is 33.1 Å². The van der Waals surface area contributed by atoms with Gasteiger partial charge in [-0.25, -0.2) is 0 Å². The molecule has 0 bridgehead atoms. The van der Waals surface area contributed by atoms with Gasteiger partial charge in [0.25, 0.3) is 0 Å². The quantitative estimate of drug-likeness (QED) is 0.753. The second-order valence-corrected chi connectivity index (χ2v) is 4.82. The highest BCUT2D eigenvalue weighted by Gasteiger charge is 2.14. The SMILES string of the molecule is CC(CN)CCCN1CCCOC(C)C1. The summed E-state index contributed by atoms with van der Waals surface area (Å²) in [5, 5.41) is 0. The lowest BCUT2D eigenvalue weighted by atomic mass is 10.1. The smallest absolute Gasteiger partial charge is 0.0673 e. The molecule has 90 valence electrons. The van der Waals surface area contributed by atoms with E-state index in [0.29, 0.717) is 12.0 Å². The number of hydrogen-bond donors (Lipinski definition) is 1. The summed E-state index contributed by atoms with van der Waals surface area (Å²) in [6.07, 6.45) is 4.10. The first-order valence-electron chi connectivity index (χ1n) is 6.26. The van der Waals surface area contributed by atoms with Gasteiger partial charge in [-0.3, -0.25) is 0 Å². The van der Waals surface area contributed by atoms with Gasteiger partial charge in [0.2, 0.25) is 0 Å². The molecule has 1 saturated heterocycles. The Hall–Kier alpha value is -0.120. The molecule has 3 nitrogen and oxygen atoms in total. The van der Waals surface area contributed by atoms with Crippen LogP contribution in [0.15, 0.2) is 0 Å². The van der Waals surface area contributed by atoms with Crippen molar-refractivity contribution in [2.45, 2.75) is 39.2 Å². The lowest BCUT2D eigenvalue weighted by molar-refractivity contribution is 0.0674. The van der Waals surface area contributed by atoms with Gasteiger partial charge in [-0.1, -0.05) is 6.92 Å². The van der Waals surface area contributed by atoms with Gasteiger partial charge in [-0.2, -0.15) is 0 Å². The van der Waals surface area contributed by atoms with Crippen molar-refractivity contribution in [1.82, 2.24) is 4.90 Å². The van der Waals surface area contributed by atoms with Crippen LogP contribution in [0.25, 0.3) is 0 Å². The fraction of sp³-hybridized carbons (Fsp3) is 1.00. The van der Waals surface area contributed by atoms with E-state index >= 15 is 0 Å². The predicted molar refractivity (Wildman–Crippen MR) is 63.9 cm³/mol. The molecule has 3 heteroatoms. The summed E-state index contributed by atoms with van der Waals surface area (Å²) >= 11 is 0. The Morgan fingerprint density at radius 3 is 3.07 bits per heavy atom. The second-order valence-electron chi connectivity index (χ2n) is 4.82. The van der Waals surface area contributed by atoms with E-state index in [1.807, 2.05) is 0 Å². The molecule has 15 heavy (non-hydrogen) atoms. The van der Waals surface area contributed by atoms with E-state index < -0.39 is 0 Å². The first-order valence-corrected chi connectivity index (χ1v) is 6.26. The molecule has 1 fully saturated rings. The molecule has 1 aliphatic rings. The Balaban J connectivity index is 2.13. The van der Waals surface area contributed by atoms with E-state index in [9.17, 15) is 0 Å². The average molecular weight is 214 g/mol. The van der Waals surface area contributed by atoms with Gasteiger partial charge in [0.1, 0.15) is 0 Å². The van der Waals surface area contributed by atoms with Gasteiger partial charge in [0.05, 0.1) is 6.10 Å². The van der Waals surface area contributed by atoms with E-state index in [-0.39, 0.29) is 0 Å². The zero-order valence-corrected chi connectivity index (χ0v) is 10.2. The normalized spacial score (nSPS) is 26.2. The van der Waals surface area contributed by atoms with Crippen molar-refractivity contribution < 1.29 is 4.74 Å². The first-order chi connectivity index (χ1) is 7.22. The summed E-state index contributed by atoms with van der Waals surface area (Å²) in [5.74, 6) is 0.672. The molecular formula is C12H26N2O. The predicted octanol–water partition coefficient (Wildman–Crippen LogP) is 1.47. The largest absolute Gasteiger partial charge is 0.377 e. The maximum absolute atomic E-state index is 5.62. The van der Waals surface area contributed by atoms with E-state index in [1.54, 1.807) is 0 Å². The molecule has 0 saturated carbocycles. The van der Waals surface area contributed by atoms with Gasteiger partial charge in [0.15, 0.2) is 0 Å². The van der Waals surface area contributed by atoms with Crippen molar-refractivity contribution in [3.63, 3.8) is 0 Å². The molecule has 1 rings (SSSR count). The molecule has 0 aromatic heterocycles. The number of ether oxygens (including phenoxy) is 1. The summed E-state index contributed by atoms with van der Waals surface area (Å²) in [6, 6.07) is 0. The van der Waals surface area contributed by atoms with Gasteiger partial charge in [-0.05, 0) is 45.2 Å². The molecule has 2 N–H and O–H groups in total. The molecule has 0 aliphatic carbocycles. The topological polar surface area (TPSA) is 38.5 Å². The monoisotopic (exact) mass is 214 g/mol. The minimum absolute atomic E-state index is 0.402. The Kier molecular flexibility index (Phi) is 6.22. The van der Waals surface area contributed by atoms with Crippen molar-refractivity contribution in [2.75, 3.05) is 32.8 Å². The van der Waals surface area contributed by atoms with Crippen LogP contribution in [0.3, 0.4) is 0 Å². The molecule has 0 aromatic rings. The number of nitrogens with zero attached hydrogens (tertiary/aromatic N) is 1. The lowest BCUT2D eigenvalue weighted by Gasteiger charge is -2.22. The van der Waals surface area contributed by atoms with Crippen molar-refractivity contribution in [1.29, 1.82) is 0 Å². The Morgan fingerprint density at radius 1 is 1.53 bits per heavy atom. The fourth-order valence-electron chi connectivity index (χ4n) is 2.06. The highest BCUT2D eigenvalue weighted by Crippen LogP contribution is 2.09. The van der Waals surface area contributed by atoms with Crippen LogP contribution >= 0.6 is 0 Å². The van der Waals surface area contributed by atoms with Crippen molar-refractivity contribution in [3.05, 3.63) is 0 Å². The van der Waals surface area contributed by atoms with Crippen LogP contribution in [0.4, 0.5) is 0 Å². The molecule has 0 aromatic carbocycles. The zero-order valence-electron chi connectivity index (χ0n) is 10.2. The van der Waals surface area contributed by atoms with E-state index in [2.05, 4.69) is 18.7 Å². The summed E-state index contributed by atoms with van der Waals surface area (Å²) in [4.78, 5) is 2.53. The summed E-state index contributed by atoms with van der Waals surface area (Å²) in [5.41, 5.74) is 5.60. The van der Waals surface area contributed by atoms with Crippen LogP contribution in [0, 0.1) is 5.92 Å². The van der Waals surface area contributed by atoms with Crippen molar-refractivity contribution in [3.8, 4) is 0 Å². The summed E-state index contributed by atoms with van der Waals surface area (Å²) in [7, 11) is 0. The van der Waals surface area contributed by atoms with E-state index in [1.165, 1.54) is 32.4 Å². The van der Waals surface area contributed by atoms with Gasteiger partial charge in [-0.15, -0.1) is 0 Å². The number of rotatable bonds is 5. The molecule has 1 aliphatic heterocycles. The molecule has 2 unspecified atom stereocenters. The van der Waals surface area contributed by atoms with Crippen LogP contribution < -0.4 is 5.73 Å². The second kappa shape index (κ2) is 7.20. The molecule has 0 amide bonds. The number of nitrogens with two attached hydrogens (primary N) is 1. The van der Waals surface area contributed by atoms with Gasteiger partial charge >= 0.3 is 0 Å². The van der Waals surface area contributed by atoms with Crippen molar-refractivity contribution >= 4 is 0 Å². The number of hydrogen-bond acceptors (Lipinski definition) is 3. The Morgan fingerprint density at radius 2 is 2.33 bits per heavy atom. The van der Waals surface area contributed by atoms with Crippen LogP contribution in [-0.4, -0.2) is 43.8 Å². The Bertz CT molecular complexity index is 164. The summed E-state index contributed by atoms with van der Waals surface area (Å²) < 4.78 is 5.62. The molecule has 1 heterocycles. The highest BCUT2D eigenvalue weighted by molar-refractivity contribution is 4.67. The molecule has 0 radical (unpaired) electrons. The van der Waals surface area contributed by atoms with Crippen molar-refractivity contribution in [2.24, 2.45) is 11.7 Å². The first kappa shape index (κ1) is 12.9. The zero-order chi connectivity index (χ0) is 11.1. The maximum atomic E-state index is 5.62. The standard InChI is InChI=1S/C12H26N2O/c1-11(9-13)5-3-6-14-7-4-8-15-12(2)10-14/h11-12H,3-10,13H2,1-2H3. The maximum Gasteiger partial charge on any atom is 0.0673 e.